The fourth-order valence-electron chi connectivity index (χ4n) is 3.78. The van der Waals surface area contributed by atoms with Crippen LogP contribution >= 0.6 is 0 Å². The van der Waals surface area contributed by atoms with Gasteiger partial charge in [0.05, 0.1) is 5.56 Å². The van der Waals surface area contributed by atoms with Crippen LogP contribution in [0.4, 0.5) is 0 Å². The van der Waals surface area contributed by atoms with E-state index in [9.17, 15) is 9.59 Å². The Kier molecular flexibility index (Phi) is 4.80. The van der Waals surface area contributed by atoms with E-state index in [2.05, 4.69) is 13.0 Å². The lowest BCUT2D eigenvalue weighted by Crippen LogP contribution is -2.40. The second kappa shape index (κ2) is 7.39. The lowest BCUT2D eigenvalue weighted by atomic mass is 9.97. The van der Waals surface area contributed by atoms with Crippen LogP contribution in [0.2, 0.25) is 0 Å². The van der Waals surface area contributed by atoms with Gasteiger partial charge in [-0.05, 0) is 46.4 Å². The zero-order valence-electron chi connectivity index (χ0n) is 15.5. The van der Waals surface area contributed by atoms with Gasteiger partial charge in [0.15, 0.2) is 6.61 Å². The summed E-state index contributed by atoms with van der Waals surface area (Å²) < 4.78 is 5.46. The molecule has 0 aromatic heterocycles. The predicted octanol–water partition coefficient (Wildman–Crippen LogP) is 4.41. The van der Waals surface area contributed by atoms with Crippen molar-refractivity contribution in [3.05, 3.63) is 60.2 Å². The Bertz CT molecular complexity index is 949. The van der Waals surface area contributed by atoms with Crippen LogP contribution in [-0.2, 0) is 9.53 Å². The SMILES string of the molecule is CC1CCN(C(=O)COC(=O)c2c3ccccc3cc3ccccc23)CC1. The van der Waals surface area contributed by atoms with Gasteiger partial charge in [-0.3, -0.25) is 4.79 Å². The fraction of sp³-hybridized carbons (Fsp3) is 0.304. The molecular formula is C23H23NO3. The van der Waals surface area contributed by atoms with Gasteiger partial charge in [0.1, 0.15) is 0 Å². The number of hydrogen-bond donors (Lipinski definition) is 0. The molecule has 0 unspecified atom stereocenters. The summed E-state index contributed by atoms with van der Waals surface area (Å²) in [5.41, 5.74) is 0.531. The summed E-state index contributed by atoms with van der Waals surface area (Å²) in [5.74, 6) is 0.0974. The molecule has 4 nitrogen and oxygen atoms in total. The quantitative estimate of drug-likeness (QED) is 0.513. The molecule has 0 radical (unpaired) electrons. The van der Waals surface area contributed by atoms with Crippen LogP contribution in [0.3, 0.4) is 0 Å². The van der Waals surface area contributed by atoms with Crippen molar-refractivity contribution in [1.29, 1.82) is 0 Å². The van der Waals surface area contributed by atoms with E-state index in [-0.39, 0.29) is 12.5 Å². The summed E-state index contributed by atoms with van der Waals surface area (Å²) >= 11 is 0. The van der Waals surface area contributed by atoms with E-state index in [1.165, 1.54) is 0 Å². The molecule has 1 fully saturated rings. The maximum atomic E-state index is 12.9. The van der Waals surface area contributed by atoms with Crippen molar-refractivity contribution in [3.8, 4) is 0 Å². The van der Waals surface area contributed by atoms with Gasteiger partial charge in [-0.2, -0.15) is 0 Å². The second-order valence-corrected chi connectivity index (χ2v) is 7.33. The van der Waals surface area contributed by atoms with E-state index in [0.29, 0.717) is 11.5 Å². The van der Waals surface area contributed by atoms with Gasteiger partial charge < -0.3 is 9.64 Å². The van der Waals surface area contributed by atoms with Crippen molar-refractivity contribution < 1.29 is 14.3 Å². The number of amides is 1. The predicted molar refractivity (Wildman–Crippen MR) is 107 cm³/mol. The molecule has 3 aromatic rings. The number of rotatable bonds is 3. The van der Waals surface area contributed by atoms with Crippen molar-refractivity contribution >= 4 is 33.4 Å². The molecule has 0 saturated carbocycles. The first-order chi connectivity index (χ1) is 13.1. The minimum atomic E-state index is -0.443. The van der Waals surface area contributed by atoms with Crippen LogP contribution in [0.15, 0.2) is 54.6 Å². The van der Waals surface area contributed by atoms with Crippen molar-refractivity contribution in [2.75, 3.05) is 19.7 Å². The Hall–Kier alpha value is -2.88. The molecule has 1 saturated heterocycles. The van der Waals surface area contributed by atoms with Crippen LogP contribution in [0.25, 0.3) is 21.5 Å². The summed E-state index contributed by atoms with van der Waals surface area (Å²) in [4.78, 5) is 27.1. The third-order valence-corrected chi connectivity index (χ3v) is 5.44. The number of likely N-dealkylation sites (tertiary alicyclic amines) is 1. The number of carbonyl (C=O) groups excluding carboxylic acids is 2. The highest BCUT2D eigenvalue weighted by molar-refractivity contribution is 6.16. The molecule has 4 rings (SSSR count). The molecule has 1 aliphatic rings. The maximum absolute atomic E-state index is 12.9. The molecule has 0 spiro atoms. The number of benzene rings is 3. The molecule has 27 heavy (non-hydrogen) atoms. The number of fused-ring (bicyclic) bond motifs is 2. The third-order valence-electron chi connectivity index (χ3n) is 5.44. The molecule has 3 aromatic carbocycles. The Morgan fingerprint density at radius 2 is 1.52 bits per heavy atom. The highest BCUT2D eigenvalue weighted by Crippen LogP contribution is 2.29. The summed E-state index contributed by atoms with van der Waals surface area (Å²) in [5, 5.41) is 3.67. The first-order valence-corrected chi connectivity index (χ1v) is 9.49. The minimum absolute atomic E-state index is 0.111. The zero-order chi connectivity index (χ0) is 18.8. The van der Waals surface area contributed by atoms with E-state index in [1.54, 1.807) is 4.90 Å². The van der Waals surface area contributed by atoms with Crippen LogP contribution in [0.5, 0.6) is 0 Å². The Morgan fingerprint density at radius 3 is 2.11 bits per heavy atom. The summed E-state index contributed by atoms with van der Waals surface area (Å²) in [6.07, 6.45) is 2.02. The van der Waals surface area contributed by atoms with E-state index in [0.717, 1.165) is 47.5 Å². The average Bonchev–Trinajstić information content (AvgIpc) is 2.70. The first-order valence-electron chi connectivity index (χ1n) is 9.49. The van der Waals surface area contributed by atoms with E-state index in [1.807, 2.05) is 48.5 Å². The third kappa shape index (κ3) is 3.52. The van der Waals surface area contributed by atoms with Crippen LogP contribution < -0.4 is 0 Å². The lowest BCUT2D eigenvalue weighted by Gasteiger charge is -2.30. The highest BCUT2D eigenvalue weighted by Gasteiger charge is 2.22. The number of nitrogens with zero attached hydrogens (tertiary/aromatic N) is 1. The van der Waals surface area contributed by atoms with E-state index >= 15 is 0 Å². The fourth-order valence-corrected chi connectivity index (χ4v) is 3.78. The molecule has 1 heterocycles. The number of hydrogen-bond acceptors (Lipinski definition) is 3. The Labute approximate surface area is 158 Å². The molecule has 1 aliphatic heterocycles. The second-order valence-electron chi connectivity index (χ2n) is 7.33. The molecule has 138 valence electrons. The number of ether oxygens (including phenoxy) is 1. The average molecular weight is 361 g/mol. The maximum Gasteiger partial charge on any atom is 0.339 e. The molecular weight excluding hydrogens is 338 g/mol. The van der Waals surface area contributed by atoms with Crippen molar-refractivity contribution in [2.45, 2.75) is 19.8 Å². The lowest BCUT2D eigenvalue weighted by molar-refractivity contribution is -0.135. The summed E-state index contributed by atoms with van der Waals surface area (Å²) in [7, 11) is 0. The summed E-state index contributed by atoms with van der Waals surface area (Å²) in [6.45, 7) is 3.49. The van der Waals surface area contributed by atoms with Gasteiger partial charge in [-0.1, -0.05) is 55.5 Å². The molecule has 1 amide bonds. The minimum Gasteiger partial charge on any atom is -0.452 e. The van der Waals surface area contributed by atoms with E-state index in [4.69, 9.17) is 4.74 Å². The van der Waals surface area contributed by atoms with Gasteiger partial charge in [-0.25, -0.2) is 4.79 Å². The molecule has 0 bridgehead atoms. The monoisotopic (exact) mass is 361 g/mol. The van der Waals surface area contributed by atoms with Crippen molar-refractivity contribution in [3.63, 3.8) is 0 Å². The topological polar surface area (TPSA) is 46.6 Å². The standard InChI is InChI=1S/C23H23NO3/c1-16-10-12-24(13-11-16)21(25)15-27-23(26)22-19-8-4-2-6-17(19)14-18-7-3-5-9-20(18)22/h2-9,14,16H,10-13,15H2,1H3. The number of carbonyl (C=O) groups is 2. The summed E-state index contributed by atoms with van der Waals surface area (Å²) in [6, 6.07) is 17.6. The zero-order valence-corrected chi connectivity index (χ0v) is 15.5. The van der Waals surface area contributed by atoms with Crippen molar-refractivity contribution in [2.24, 2.45) is 5.92 Å². The normalized spacial score (nSPS) is 15.2. The van der Waals surface area contributed by atoms with Crippen LogP contribution in [0, 0.1) is 5.92 Å². The smallest absolute Gasteiger partial charge is 0.339 e. The van der Waals surface area contributed by atoms with Crippen LogP contribution in [0.1, 0.15) is 30.1 Å². The van der Waals surface area contributed by atoms with Gasteiger partial charge in [-0.15, -0.1) is 0 Å². The molecule has 0 aliphatic carbocycles. The van der Waals surface area contributed by atoms with Crippen molar-refractivity contribution in [1.82, 2.24) is 4.90 Å². The van der Waals surface area contributed by atoms with Gasteiger partial charge >= 0.3 is 5.97 Å². The first kappa shape index (κ1) is 17.5. The molecule has 0 atom stereocenters. The highest BCUT2D eigenvalue weighted by atomic mass is 16.5. The largest absolute Gasteiger partial charge is 0.452 e. The Balaban J connectivity index is 1.59. The van der Waals surface area contributed by atoms with E-state index < -0.39 is 5.97 Å². The number of esters is 1. The van der Waals surface area contributed by atoms with Gasteiger partial charge in [0.2, 0.25) is 0 Å². The number of piperidine rings is 1. The Morgan fingerprint density at radius 1 is 0.963 bits per heavy atom. The molecule has 0 N–H and O–H groups in total. The van der Waals surface area contributed by atoms with Gasteiger partial charge in [0.25, 0.3) is 5.91 Å². The van der Waals surface area contributed by atoms with Crippen LogP contribution in [-0.4, -0.2) is 36.5 Å². The molecule has 4 heteroatoms. The van der Waals surface area contributed by atoms with Gasteiger partial charge in [0, 0.05) is 13.1 Å².